The van der Waals surface area contributed by atoms with E-state index in [9.17, 15) is 19.2 Å². The third kappa shape index (κ3) is 5.37. The minimum Gasteiger partial charge on any atom is -0.326 e. The molecule has 0 aliphatic carbocycles. The summed E-state index contributed by atoms with van der Waals surface area (Å²) in [5, 5.41) is 12.3. The highest BCUT2D eigenvalue weighted by Crippen LogP contribution is 2.29. The van der Waals surface area contributed by atoms with Gasteiger partial charge in [0.15, 0.2) is 0 Å². The number of pyridine rings is 1. The van der Waals surface area contributed by atoms with Gasteiger partial charge in [-0.05, 0) is 42.0 Å². The first kappa shape index (κ1) is 22.2. The summed E-state index contributed by atoms with van der Waals surface area (Å²) >= 11 is 12.0. The minimum atomic E-state index is -0.487. The van der Waals surface area contributed by atoms with Crippen LogP contribution in [0.4, 0.5) is 21.6 Å². The van der Waals surface area contributed by atoms with Crippen LogP contribution in [0, 0.1) is 17.1 Å². The van der Waals surface area contributed by atoms with E-state index in [4.69, 9.17) is 23.2 Å². The van der Waals surface area contributed by atoms with Crippen molar-refractivity contribution < 1.29 is 14.0 Å². The quantitative estimate of drug-likeness (QED) is 0.566. The van der Waals surface area contributed by atoms with E-state index in [0.29, 0.717) is 16.9 Å². The minimum absolute atomic E-state index is 0.0596. The first-order valence-corrected chi connectivity index (χ1v) is 9.74. The van der Waals surface area contributed by atoms with Crippen LogP contribution in [0.1, 0.15) is 18.1 Å². The van der Waals surface area contributed by atoms with Crippen molar-refractivity contribution in [1.29, 1.82) is 5.26 Å². The highest BCUT2D eigenvalue weighted by Gasteiger charge is 2.18. The fourth-order valence-corrected chi connectivity index (χ4v) is 3.27. The number of nitrogens with zero attached hydrogens (tertiary/aromatic N) is 3. The molecule has 0 saturated heterocycles. The Bertz CT molecular complexity index is 1210. The van der Waals surface area contributed by atoms with Gasteiger partial charge in [-0.15, -0.1) is 0 Å². The van der Waals surface area contributed by atoms with Crippen molar-refractivity contribution in [3.8, 4) is 6.07 Å². The smallest absolute Gasteiger partial charge is 0.229 e. The van der Waals surface area contributed by atoms with E-state index in [1.807, 2.05) is 6.07 Å². The fourth-order valence-electron chi connectivity index (χ4n) is 2.88. The SMILES string of the molecule is CC(=O)N(c1ccc(Cl)c(C#N)c1)c1cc(NC(=O)Cc2ccc(F)cc2Cl)ccn1. The third-order valence-corrected chi connectivity index (χ3v) is 4.95. The van der Waals surface area contributed by atoms with Crippen LogP contribution in [-0.4, -0.2) is 16.8 Å². The Balaban J connectivity index is 1.84. The normalized spacial score (nSPS) is 10.3. The van der Waals surface area contributed by atoms with Gasteiger partial charge in [0.1, 0.15) is 17.7 Å². The summed E-state index contributed by atoms with van der Waals surface area (Å²) in [5.41, 5.74) is 1.49. The van der Waals surface area contributed by atoms with E-state index in [-0.39, 0.29) is 39.7 Å². The van der Waals surface area contributed by atoms with Crippen molar-refractivity contribution in [2.75, 3.05) is 10.2 Å². The summed E-state index contributed by atoms with van der Waals surface area (Å²) in [6, 6.07) is 13.5. The van der Waals surface area contributed by atoms with E-state index in [2.05, 4.69) is 10.3 Å². The predicted octanol–water partition coefficient (Wildman–Crippen LogP) is 5.26. The van der Waals surface area contributed by atoms with Crippen LogP contribution in [0.25, 0.3) is 0 Å². The average Bonchev–Trinajstić information content (AvgIpc) is 2.71. The number of aromatic nitrogens is 1. The molecule has 1 N–H and O–H groups in total. The van der Waals surface area contributed by atoms with Crippen LogP contribution < -0.4 is 10.2 Å². The summed E-state index contributed by atoms with van der Waals surface area (Å²) < 4.78 is 13.2. The van der Waals surface area contributed by atoms with Crippen molar-refractivity contribution in [2.45, 2.75) is 13.3 Å². The van der Waals surface area contributed by atoms with Crippen LogP contribution in [0.15, 0.2) is 54.7 Å². The van der Waals surface area contributed by atoms with Crippen LogP contribution in [0.3, 0.4) is 0 Å². The Kier molecular flexibility index (Phi) is 6.85. The average molecular weight is 457 g/mol. The van der Waals surface area contributed by atoms with Crippen molar-refractivity contribution >= 4 is 52.2 Å². The molecule has 0 saturated carbocycles. The molecule has 0 bridgehead atoms. The second-order valence-electron chi connectivity index (χ2n) is 6.49. The molecule has 3 rings (SSSR count). The third-order valence-electron chi connectivity index (χ3n) is 4.27. The van der Waals surface area contributed by atoms with Gasteiger partial charge in [-0.25, -0.2) is 9.37 Å². The number of anilines is 3. The van der Waals surface area contributed by atoms with E-state index in [1.54, 1.807) is 12.1 Å². The van der Waals surface area contributed by atoms with Crippen molar-refractivity contribution in [3.05, 3.63) is 81.7 Å². The summed E-state index contributed by atoms with van der Waals surface area (Å²) in [7, 11) is 0. The zero-order chi connectivity index (χ0) is 22.5. The first-order chi connectivity index (χ1) is 14.8. The van der Waals surface area contributed by atoms with E-state index < -0.39 is 5.82 Å². The second kappa shape index (κ2) is 9.56. The molecule has 156 valence electrons. The molecule has 0 aliphatic rings. The van der Waals surface area contributed by atoms with Crippen molar-refractivity contribution in [2.24, 2.45) is 0 Å². The number of benzene rings is 2. The summed E-state index contributed by atoms with van der Waals surface area (Å²) in [6.07, 6.45) is 1.38. The predicted molar refractivity (Wildman–Crippen MR) is 117 cm³/mol. The monoisotopic (exact) mass is 456 g/mol. The van der Waals surface area contributed by atoms with Crippen molar-refractivity contribution in [3.63, 3.8) is 0 Å². The topological polar surface area (TPSA) is 86.1 Å². The number of hydrogen-bond donors (Lipinski definition) is 1. The lowest BCUT2D eigenvalue weighted by Crippen LogP contribution is -2.24. The standard InChI is InChI=1S/C22H15Cl2FN4O2/c1-13(30)29(18-4-5-19(23)15(8-18)12-26)21-11-17(6-7-27-21)28-22(31)9-14-2-3-16(25)10-20(14)24/h2-8,10-11H,9H2,1H3,(H,27,28,31). The molecule has 2 aromatic carbocycles. The number of hydrogen-bond acceptors (Lipinski definition) is 4. The molecule has 3 aromatic rings. The number of halogens is 3. The number of carbonyl (C=O) groups excluding carboxylic acids is 2. The molecule has 1 aromatic heterocycles. The number of nitrogens with one attached hydrogen (secondary N) is 1. The Hall–Kier alpha value is -3.47. The van der Waals surface area contributed by atoms with Gasteiger partial charge in [0.05, 0.1) is 22.7 Å². The maximum atomic E-state index is 13.2. The lowest BCUT2D eigenvalue weighted by Gasteiger charge is -2.21. The lowest BCUT2D eigenvalue weighted by molar-refractivity contribution is -0.116. The van der Waals surface area contributed by atoms with Crippen molar-refractivity contribution in [1.82, 2.24) is 4.98 Å². The van der Waals surface area contributed by atoms with Crippen LogP contribution >= 0.6 is 23.2 Å². The Labute approximate surface area is 187 Å². The van der Waals surface area contributed by atoms with Gasteiger partial charge in [-0.1, -0.05) is 29.3 Å². The van der Waals surface area contributed by atoms with E-state index in [0.717, 1.165) is 6.07 Å². The van der Waals surface area contributed by atoms with Gasteiger partial charge in [0.2, 0.25) is 11.8 Å². The van der Waals surface area contributed by atoms with Gasteiger partial charge in [0, 0.05) is 29.9 Å². The maximum absolute atomic E-state index is 13.2. The molecule has 6 nitrogen and oxygen atoms in total. The Morgan fingerprint density at radius 1 is 1.13 bits per heavy atom. The Morgan fingerprint density at radius 2 is 1.90 bits per heavy atom. The molecule has 0 unspecified atom stereocenters. The molecule has 1 heterocycles. The van der Waals surface area contributed by atoms with Gasteiger partial charge in [0.25, 0.3) is 0 Å². The molecule has 2 amide bonds. The van der Waals surface area contributed by atoms with Crippen LogP contribution in [-0.2, 0) is 16.0 Å². The molecule has 0 fully saturated rings. The largest absolute Gasteiger partial charge is 0.326 e. The number of carbonyl (C=O) groups is 2. The van der Waals surface area contributed by atoms with Gasteiger partial charge >= 0.3 is 0 Å². The second-order valence-corrected chi connectivity index (χ2v) is 7.31. The summed E-state index contributed by atoms with van der Waals surface area (Å²) in [5.74, 6) is -0.964. The molecule has 0 radical (unpaired) electrons. The zero-order valence-electron chi connectivity index (χ0n) is 16.2. The molecule has 0 atom stereocenters. The fraction of sp³-hybridized carbons (Fsp3) is 0.0909. The first-order valence-electron chi connectivity index (χ1n) is 8.98. The molecular formula is C22H15Cl2FN4O2. The van der Waals surface area contributed by atoms with Gasteiger partial charge in [-0.3, -0.25) is 14.5 Å². The summed E-state index contributed by atoms with van der Waals surface area (Å²) in [6.45, 7) is 1.35. The summed E-state index contributed by atoms with van der Waals surface area (Å²) in [4.78, 5) is 30.2. The molecule has 9 heteroatoms. The van der Waals surface area contributed by atoms with Gasteiger partial charge in [-0.2, -0.15) is 5.26 Å². The zero-order valence-corrected chi connectivity index (χ0v) is 17.7. The highest BCUT2D eigenvalue weighted by atomic mass is 35.5. The molecule has 0 aliphatic heterocycles. The highest BCUT2D eigenvalue weighted by molar-refractivity contribution is 6.32. The molecule has 0 spiro atoms. The number of rotatable bonds is 5. The number of amides is 2. The van der Waals surface area contributed by atoms with E-state index in [1.165, 1.54) is 48.4 Å². The Morgan fingerprint density at radius 3 is 2.58 bits per heavy atom. The molecule has 31 heavy (non-hydrogen) atoms. The van der Waals surface area contributed by atoms with Crippen LogP contribution in [0.2, 0.25) is 10.0 Å². The van der Waals surface area contributed by atoms with E-state index >= 15 is 0 Å². The number of nitriles is 1. The molecular weight excluding hydrogens is 442 g/mol. The maximum Gasteiger partial charge on any atom is 0.229 e. The van der Waals surface area contributed by atoms with Gasteiger partial charge < -0.3 is 5.32 Å². The van der Waals surface area contributed by atoms with Crippen LogP contribution in [0.5, 0.6) is 0 Å². The lowest BCUT2D eigenvalue weighted by atomic mass is 10.1.